The fraction of sp³-hybridized carbons (Fsp3) is 0.231. The Hall–Kier alpha value is -2.34. The molecule has 0 bridgehead atoms. The first-order valence-corrected chi connectivity index (χ1v) is 5.95. The van der Waals surface area contributed by atoms with Crippen molar-refractivity contribution in [2.75, 3.05) is 12.3 Å². The molecule has 6 nitrogen and oxygen atoms in total. The number of nitrogens with zero attached hydrogens (tertiary/aromatic N) is 1. The molecule has 0 spiro atoms. The van der Waals surface area contributed by atoms with E-state index in [2.05, 4.69) is 15.5 Å². The van der Waals surface area contributed by atoms with Crippen LogP contribution in [-0.2, 0) is 6.42 Å². The van der Waals surface area contributed by atoms with E-state index >= 15 is 0 Å². The summed E-state index contributed by atoms with van der Waals surface area (Å²) in [6.45, 7) is -0.144. The van der Waals surface area contributed by atoms with Gasteiger partial charge in [0, 0.05) is 0 Å². The van der Waals surface area contributed by atoms with Crippen LogP contribution in [0.2, 0.25) is 0 Å². The molecule has 1 aromatic heterocycles. The van der Waals surface area contributed by atoms with E-state index in [-0.39, 0.29) is 29.9 Å². The van der Waals surface area contributed by atoms with Crippen LogP contribution < -0.4 is 11.1 Å². The average molecular weight is 260 g/mol. The predicted molar refractivity (Wildman–Crippen MR) is 71.5 cm³/mol. The summed E-state index contributed by atoms with van der Waals surface area (Å²) < 4.78 is 0. The maximum Gasteiger partial charge on any atom is 0.271 e. The standard InChI is InChI=1S/C13H16N4O2/c14-11-7-15-17-12(11)13(19)16-10(8-18)6-9-4-2-1-3-5-9/h1-5,7,10,18H,6,8,14H2,(H,15,17)(H,16,19)/t10-/m1/s1. The molecule has 0 aliphatic carbocycles. The van der Waals surface area contributed by atoms with E-state index in [1.165, 1.54) is 6.20 Å². The van der Waals surface area contributed by atoms with Gasteiger partial charge in [-0.1, -0.05) is 30.3 Å². The minimum atomic E-state index is -0.370. The highest BCUT2D eigenvalue weighted by molar-refractivity contribution is 5.97. The van der Waals surface area contributed by atoms with Crippen molar-refractivity contribution in [3.63, 3.8) is 0 Å². The number of H-pyrrole nitrogens is 1. The molecule has 100 valence electrons. The molecule has 0 radical (unpaired) electrons. The molecule has 0 fully saturated rings. The van der Waals surface area contributed by atoms with Crippen molar-refractivity contribution in [2.24, 2.45) is 0 Å². The Bertz CT molecular complexity index is 539. The maximum absolute atomic E-state index is 11.9. The largest absolute Gasteiger partial charge is 0.396 e. The number of hydrogen-bond acceptors (Lipinski definition) is 4. The van der Waals surface area contributed by atoms with Crippen molar-refractivity contribution in [3.05, 3.63) is 47.8 Å². The van der Waals surface area contributed by atoms with Crippen LogP contribution in [0.3, 0.4) is 0 Å². The number of benzene rings is 1. The number of amides is 1. The summed E-state index contributed by atoms with van der Waals surface area (Å²) in [5.41, 5.74) is 7.14. The lowest BCUT2D eigenvalue weighted by Crippen LogP contribution is -2.39. The average Bonchev–Trinajstić information content (AvgIpc) is 2.85. The number of aromatic nitrogens is 2. The Kier molecular flexibility index (Phi) is 4.15. The van der Waals surface area contributed by atoms with Gasteiger partial charge in [-0.15, -0.1) is 0 Å². The van der Waals surface area contributed by atoms with Gasteiger partial charge >= 0.3 is 0 Å². The molecule has 5 N–H and O–H groups in total. The Morgan fingerprint density at radius 1 is 1.42 bits per heavy atom. The Morgan fingerprint density at radius 3 is 2.74 bits per heavy atom. The number of carbonyl (C=O) groups excluding carboxylic acids is 1. The number of aliphatic hydroxyl groups excluding tert-OH is 1. The molecule has 0 saturated carbocycles. The molecule has 0 unspecified atom stereocenters. The highest BCUT2D eigenvalue weighted by atomic mass is 16.3. The monoisotopic (exact) mass is 260 g/mol. The third kappa shape index (κ3) is 3.32. The zero-order chi connectivity index (χ0) is 13.7. The molecule has 6 heteroatoms. The van der Waals surface area contributed by atoms with Gasteiger partial charge in [0.05, 0.1) is 24.5 Å². The zero-order valence-corrected chi connectivity index (χ0v) is 10.3. The van der Waals surface area contributed by atoms with Crippen molar-refractivity contribution < 1.29 is 9.90 Å². The van der Waals surface area contributed by atoms with Gasteiger partial charge in [0.25, 0.3) is 5.91 Å². The smallest absolute Gasteiger partial charge is 0.271 e. The minimum Gasteiger partial charge on any atom is -0.396 e. The molecule has 19 heavy (non-hydrogen) atoms. The Labute approximate surface area is 110 Å². The predicted octanol–water partition coefficient (Wildman–Crippen LogP) is 0.325. The van der Waals surface area contributed by atoms with Crippen LogP contribution in [0.15, 0.2) is 36.5 Å². The van der Waals surface area contributed by atoms with E-state index in [1.54, 1.807) is 0 Å². The number of nitrogen functional groups attached to an aromatic ring is 1. The molecule has 1 aromatic carbocycles. The molecule has 0 aliphatic heterocycles. The number of nitrogens with one attached hydrogen (secondary N) is 2. The van der Waals surface area contributed by atoms with Crippen molar-refractivity contribution in [2.45, 2.75) is 12.5 Å². The van der Waals surface area contributed by atoms with E-state index in [1.807, 2.05) is 30.3 Å². The molecular formula is C13H16N4O2. The number of rotatable bonds is 5. The lowest BCUT2D eigenvalue weighted by atomic mass is 10.1. The third-order valence-corrected chi connectivity index (χ3v) is 2.78. The van der Waals surface area contributed by atoms with Gasteiger partial charge in [-0.25, -0.2) is 0 Å². The summed E-state index contributed by atoms with van der Waals surface area (Å²) in [4.78, 5) is 11.9. The maximum atomic E-state index is 11.9. The van der Waals surface area contributed by atoms with Crippen molar-refractivity contribution in [1.29, 1.82) is 0 Å². The van der Waals surface area contributed by atoms with Crippen LogP contribution in [-0.4, -0.2) is 33.9 Å². The van der Waals surface area contributed by atoms with Crippen LogP contribution in [0.4, 0.5) is 5.69 Å². The van der Waals surface area contributed by atoms with E-state index in [0.717, 1.165) is 5.56 Å². The summed E-state index contributed by atoms with van der Waals surface area (Å²) in [5, 5.41) is 18.3. The molecular weight excluding hydrogens is 244 g/mol. The van der Waals surface area contributed by atoms with E-state index < -0.39 is 0 Å². The quantitative estimate of drug-likeness (QED) is 0.621. The number of nitrogens with two attached hydrogens (primary N) is 1. The van der Waals surface area contributed by atoms with Crippen LogP contribution in [0, 0.1) is 0 Å². The molecule has 2 aromatic rings. The lowest BCUT2D eigenvalue weighted by molar-refractivity contribution is 0.0912. The van der Waals surface area contributed by atoms with Crippen LogP contribution in [0.5, 0.6) is 0 Å². The lowest BCUT2D eigenvalue weighted by Gasteiger charge is -2.16. The highest BCUT2D eigenvalue weighted by Crippen LogP contribution is 2.07. The number of carbonyl (C=O) groups is 1. The molecule has 0 saturated heterocycles. The fourth-order valence-corrected chi connectivity index (χ4v) is 1.79. The first-order valence-electron chi connectivity index (χ1n) is 5.95. The van der Waals surface area contributed by atoms with Gasteiger partial charge in [0.2, 0.25) is 0 Å². The Balaban J connectivity index is 2.00. The number of hydrogen-bond donors (Lipinski definition) is 4. The van der Waals surface area contributed by atoms with Crippen LogP contribution in [0.1, 0.15) is 16.1 Å². The highest BCUT2D eigenvalue weighted by Gasteiger charge is 2.16. The summed E-state index contributed by atoms with van der Waals surface area (Å²) in [6.07, 6.45) is 1.93. The molecule has 0 aliphatic rings. The number of aliphatic hydroxyl groups is 1. The summed E-state index contributed by atoms with van der Waals surface area (Å²) >= 11 is 0. The minimum absolute atomic E-state index is 0.144. The van der Waals surface area contributed by atoms with Crippen LogP contribution in [0.25, 0.3) is 0 Å². The normalized spacial score (nSPS) is 12.1. The second-order valence-electron chi connectivity index (χ2n) is 4.24. The van der Waals surface area contributed by atoms with E-state index in [0.29, 0.717) is 6.42 Å². The first kappa shape index (κ1) is 13.1. The second kappa shape index (κ2) is 6.01. The summed E-state index contributed by atoms with van der Waals surface area (Å²) in [6, 6.07) is 9.27. The van der Waals surface area contributed by atoms with Crippen LogP contribution >= 0.6 is 0 Å². The number of aromatic amines is 1. The molecule has 2 rings (SSSR count). The number of anilines is 1. The summed E-state index contributed by atoms with van der Waals surface area (Å²) in [5.74, 6) is -0.370. The van der Waals surface area contributed by atoms with Gasteiger partial charge in [0.15, 0.2) is 0 Å². The van der Waals surface area contributed by atoms with Gasteiger partial charge < -0.3 is 16.2 Å². The van der Waals surface area contributed by atoms with E-state index in [9.17, 15) is 9.90 Å². The SMILES string of the molecule is Nc1cn[nH]c1C(=O)N[C@@H](CO)Cc1ccccc1. The van der Waals surface area contributed by atoms with Gasteiger partial charge in [-0.2, -0.15) is 5.10 Å². The molecule has 1 atom stereocenters. The first-order chi connectivity index (χ1) is 9.20. The van der Waals surface area contributed by atoms with Crippen molar-refractivity contribution in [1.82, 2.24) is 15.5 Å². The summed E-state index contributed by atoms with van der Waals surface area (Å²) in [7, 11) is 0. The van der Waals surface area contributed by atoms with Crippen molar-refractivity contribution in [3.8, 4) is 0 Å². The second-order valence-corrected chi connectivity index (χ2v) is 4.24. The third-order valence-electron chi connectivity index (χ3n) is 2.78. The fourth-order valence-electron chi connectivity index (χ4n) is 1.79. The topological polar surface area (TPSA) is 104 Å². The Morgan fingerprint density at radius 2 is 2.16 bits per heavy atom. The molecule has 1 amide bonds. The van der Waals surface area contributed by atoms with Gasteiger partial charge in [-0.05, 0) is 12.0 Å². The van der Waals surface area contributed by atoms with Crippen molar-refractivity contribution >= 4 is 11.6 Å². The van der Waals surface area contributed by atoms with E-state index in [4.69, 9.17) is 5.73 Å². The zero-order valence-electron chi connectivity index (χ0n) is 10.3. The molecule has 1 heterocycles. The van der Waals surface area contributed by atoms with Gasteiger partial charge in [-0.3, -0.25) is 9.89 Å². The van der Waals surface area contributed by atoms with Gasteiger partial charge in [0.1, 0.15) is 5.69 Å².